The maximum Gasteiger partial charge on any atom is 0.0702 e. The van der Waals surface area contributed by atoms with Crippen molar-refractivity contribution in [1.82, 2.24) is 0 Å². The second kappa shape index (κ2) is 5.39. The van der Waals surface area contributed by atoms with Gasteiger partial charge in [-0.05, 0) is 31.0 Å². The Morgan fingerprint density at radius 3 is 2.82 bits per heavy atom. The van der Waals surface area contributed by atoms with Gasteiger partial charge in [-0.15, -0.1) is 0 Å². The van der Waals surface area contributed by atoms with Crippen molar-refractivity contribution >= 4 is 17.3 Å². The average Bonchev–Trinajstić information content (AvgIpc) is 3.15. The first-order chi connectivity index (χ1) is 8.26. The van der Waals surface area contributed by atoms with Crippen LogP contribution >= 0.6 is 11.6 Å². The Morgan fingerprint density at radius 1 is 1.47 bits per heavy atom. The molecule has 0 bridgehead atoms. The Balaban J connectivity index is 2.25. The summed E-state index contributed by atoms with van der Waals surface area (Å²) in [6.45, 7) is 0.696. The fourth-order valence-electron chi connectivity index (χ4n) is 2.02. The largest absolute Gasteiger partial charge is 0.392 e. The van der Waals surface area contributed by atoms with Gasteiger partial charge in [-0.1, -0.05) is 11.6 Å². The van der Waals surface area contributed by atoms with E-state index in [9.17, 15) is 5.11 Å². The summed E-state index contributed by atoms with van der Waals surface area (Å²) < 4.78 is 0. The molecule has 0 saturated heterocycles. The summed E-state index contributed by atoms with van der Waals surface area (Å²) in [5.41, 5.74) is 1.84. The standard InChI is InChI=1S/C13H15ClN2O/c14-11-2-5-13(10(8-11)9-17)16(7-1-6-15)12-3-4-12/h2,5,8,12,17H,1,3-4,7,9H2. The maximum absolute atomic E-state index is 9.37. The van der Waals surface area contributed by atoms with E-state index in [1.807, 2.05) is 12.1 Å². The van der Waals surface area contributed by atoms with Crippen molar-refractivity contribution in [2.24, 2.45) is 0 Å². The van der Waals surface area contributed by atoms with E-state index in [0.29, 0.717) is 17.5 Å². The second-order valence-electron chi connectivity index (χ2n) is 4.26. The van der Waals surface area contributed by atoms with Gasteiger partial charge in [-0.25, -0.2) is 0 Å². The van der Waals surface area contributed by atoms with Gasteiger partial charge in [0.25, 0.3) is 0 Å². The highest BCUT2D eigenvalue weighted by atomic mass is 35.5. The number of hydrogen-bond donors (Lipinski definition) is 1. The minimum absolute atomic E-state index is 0.0222. The highest BCUT2D eigenvalue weighted by molar-refractivity contribution is 6.30. The van der Waals surface area contributed by atoms with Crippen LogP contribution in [0.5, 0.6) is 0 Å². The zero-order valence-corrected chi connectivity index (χ0v) is 10.3. The Bertz CT molecular complexity index is 438. The molecule has 1 fully saturated rings. The lowest BCUT2D eigenvalue weighted by molar-refractivity contribution is 0.282. The summed E-state index contributed by atoms with van der Waals surface area (Å²) in [6, 6.07) is 8.25. The normalized spacial score (nSPS) is 14.4. The third kappa shape index (κ3) is 2.91. The molecule has 1 aliphatic rings. The fourth-order valence-corrected chi connectivity index (χ4v) is 2.21. The number of nitrogens with zero attached hydrogens (tertiary/aromatic N) is 2. The van der Waals surface area contributed by atoms with Crippen LogP contribution in [0.3, 0.4) is 0 Å². The number of halogens is 1. The third-order valence-corrected chi connectivity index (χ3v) is 3.21. The SMILES string of the molecule is N#CCCN(c1ccc(Cl)cc1CO)C1CC1. The van der Waals surface area contributed by atoms with Crippen LogP contribution in [0, 0.1) is 11.3 Å². The molecule has 1 saturated carbocycles. The molecule has 0 heterocycles. The molecular formula is C13H15ClN2O. The van der Waals surface area contributed by atoms with Crippen LogP contribution in [0.25, 0.3) is 0 Å². The lowest BCUT2D eigenvalue weighted by atomic mass is 10.1. The van der Waals surface area contributed by atoms with Crippen molar-refractivity contribution in [3.63, 3.8) is 0 Å². The van der Waals surface area contributed by atoms with Gasteiger partial charge >= 0.3 is 0 Å². The third-order valence-electron chi connectivity index (χ3n) is 2.97. The van der Waals surface area contributed by atoms with Crippen LogP contribution in [0.1, 0.15) is 24.8 Å². The number of hydrogen-bond acceptors (Lipinski definition) is 3. The van der Waals surface area contributed by atoms with Gasteiger partial charge in [-0.2, -0.15) is 5.26 Å². The second-order valence-corrected chi connectivity index (χ2v) is 4.70. The fraction of sp³-hybridized carbons (Fsp3) is 0.462. The molecule has 0 radical (unpaired) electrons. The lowest BCUT2D eigenvalue weighted by Gasteiger charge is -2.26. The van der Waals surface area contributed by atoms with Crippen molar-refractivity contribution in [3.8, 4) is 6.07 Å². The predicted molar refractivity (Wildman–Crippen MR) is 68.0 cm³/mol. The van der Waals surface area contributed by atoms with Crippen LogP contribution in [0.15, 0.2) is 18.2 Å². The molecule has 1 aromatic carbocycles. The Hall–Kier alpha value is -1.24. The zero-order chi connectivity index (χ0) is 12.3. The highest BCUT2D eigenvalue weighted by Crippen LogP contribution is 2.34. The maximum atomic E-state index is 9.37. The van der Waals surface area contributed by atoms with E-state index in [1.54, 1.807) is 6.07 Å². The van der Waals surface area contributed by atoms with Crippen molar-refractivity contribution in [2.45, 2.75) is 31.9 Å². The molecule has 90 valence electrons. The number of benzene rings is 1. The molecule has 0 aromatic heterocycles. The summed E-state index contributed by atoms with van der Waals surface area (Å²) in [5, 5.41) is 18.7. The van der Waals surface area contributed by atoms with Crippen LogP contribution in [-0.2, 0) is 6.61 Å². The minimum Gasteiger partial charge on any atom is -0.392 e. The van der Waals surface area contributed by atoms with E-state index in [2.05, 4.69) is 11.0 Å². The molecule has 3 nitrogen and oxygen atoms in total. The Kier molecular flexibility index (Phi) is 3.88. The summed E-state index contributed by atoms with van der Waals surface area (Å²) in [4.78, 5) is 2.21. The van der Waals surface area contributed by atoms with E-state index < -0.39 is 0 Å². The molecule has 1 N–H and O–H groups in total. The van der Waals surface area contributed by atoms with Crippen LogP contribution in [-0.4, -0.2) is 17.7 Å². The van der Waals surface area contributed by atoms with Crippen LogP contribution in [0.2, 0.25) is 5.02 Å². The van der Waals surface area contributed by atoms with Crippen LogP contribution < -0.4 is 4.90 Å². The first-order valence-corrected chi connectivity index (χ1v) is 6.17. The van der Waals surface area contributed by atoms with Gasteiger partial charge in [0.15, 0.2) is 0 Å². The van der Waals surface area contributed by atoms with Crippen molar-refractivity contribution in [3.05, 3.63) is 28.8 Å². The molecule has 0 aliphatic heterocycles. The average molecular weight is 251 g/mol. The number of rotatable bonds is 5. The molecule has 0 amide bonds. The van der Waals surface area contributed by atoms with Gasteiger partial charge in [0.2, 0.25) is 0 Å². The molecule has 0 atom stereocenters. The van der Waals surface area contributed by atoms with Gasteiger partial charge in [0.1, 0.15) is 0 Å². The lowest BCUT2D eigenvalue weighted by Crippen LogP contribution is -2.27. The van der Waals surface area contributed by atoms with E-state index in [4.69, 9.17) is 16.9 Å². The van der Waals surface area contributed by atoms with Gasteiger partial charge in [-0.3, -0.25) is 0 Å². The molecule has 17 heavy (non-hydrogen) atoms. The van der Waals surface area contributed by atoms with Gasteiger partial charge in [0.05, 0.1) is 19.1 Å². The highest BCUT2D eigenvalue weighted by Gasteiger charge is 2.29. The summed E-state index contributed by atoms with van der Waals surface area (Å²) in [6.07, 6.45) is 2.84. The predicted octanol–water partition coefficient (Wildman–Crippen LogP) is 2.71. The molecule has 1 aliphatic carbocycles. The summed E-state index contributed by atoms with van der Waals surface area (Å²) in [7, 11) is 0. The van der Waals surface area contributed by atoms with Crippen LogP contribution in [0.4, 0.5) is 5.69 Å². The first kappa shape index (κ1) is 12.2. The number of nitriles is 1. The number of aliphatic hydroxyl groups excluding tert-OH is 1. The number of aliphatic hydroxyl groups is 1. The topological polar surface area (TPSA) is 47.3 Å². The van der Waals surface area contributed by atoms with Crippen molar-refractivity contribution in [2.75, 3.05) is 11.4 Å². The Morgan fingerprint density at radius 2 is 2.24 bits per heavy atom. The quantitative estimate of drug-likeness (QED) is 0.874. The van der Waals surface area contributed by atoms with Crippen molar-refractivity contribution in [1.29, 1.82) is 5.26 Å². The minimum atomic E-state index is -0.0222. The van der Waals surface area contributed by atoms with E-state index in [0.717, 1.165) is 17.8 Å². The molecular weight excluding hydrogens is 236 g/mol. The van der Waals surface area contributed by atoms with Gasteiger partial charge in [0, 0.05) is 28.9 Å². The van der Waals surface area contributed by atoms with Crippen molar-refractivity contribution < 1.29 is 5.11 Å². The molecule has 4 heteroatoms. The molecule has 0 spiro atoms. The first-order valence-electron chi connectivity index (χ1n) is 5.79. The smallest absolute Gasteiger partial charge is 0.0702 e. The Labute approximate surface area is 106 Å². The molecule has 0 unspecified atom stereocenters. The zero-order valence-electron chi connectivity index (χ0n) is 9.56. The van der Waals surface area contributed by atoms with E-state index in [1.165, 1.54) is 12.8 Å². The monoisotopic (exact) mass is 250 g/mol. The molecule has 2 rings (SSSR count). The summed E-state index contributed by atoms with van der Waals surface area (Å²) in [5.74, 6) is 0. The number of anilines is 1. The van der Waals surface area contributed by atoms with Gasteiger partial charge < -0.3 is 10.0 Å². The van der Waals surface area contributed by atoms with E-state index in [-0.39, 0.29) is 6.61 Å². The van der Waals surface area contributed by atoms with E-state index >= 15 is 0 Å². The summed E-state index contributed by atoms with van der Waals surface area (Å²) >= 11 is 5.92. The molecule has 1 aromatic rings.